The van der Waals surface area contributed by atoms with E-state index in [-0.39, 0.29) is 23.6 Å². The molecule has 2 aromatic rings. The fourth-order valence-corrected chi connectivity index (χ4v) is 1.92. The summed E-state index contributed by atoms with van der Waals surface area (Å²) in [6.07, 6.45) is 0. The summed E-state index contributed by atoms with van der Waals surface area (Å²) < 4.78 is 5.31. The molecule has 0 radical (unpaired) electrons. The number of carbonyl (C=O) groups excluding carboxylic acids is 1. The van der Waals surface area contributed by atoms with Crippen LogP contribution in [0.1, 0.15) is 40.4 Å². The van der Waals surface area contributed by atoms with E-state index in [2.05, 4.69) is 5.32 Å². The number of nitrogens with one attached hydrogen (secondary N) is 1. The smallest absolute Gasteiger partial charge is 0.287 e. The Balaban J connectivity index is 2.04. The van der Waals surface area contributed by atoms with Crippen molar-refractivity contribution in [3.63, 3.8) is 0 Å². The standard InChI is InChI=1S/C15H16ClNO2/c1-10-3-5-12(6-4-10)11(2)17-15(18)14-8-7-13(9-16)19-14/h3-8,11H,9H2,1-2H3,(H,17,18). The summed E-state index contributed by atoms with van der Waals surface area (Å²) in [6.45, 7) is 3.97. The van der Waals surface area contributed by atoms with Crippen LogP contribution in [-0.4, -0.2) is 5.91 Å². The summed E-state index contributed by atoms with van der Waals surface area (Å²) in [6, 6.07) is 11.3. The molecule has 0 aliphatic heterocycles. The molecule has 1 atom stereocenters. The molecule has 0 aliphatic rings. The lowest BCUT2D eigenvalue weighted by Crippen LogP contribution is -2.26. The highest BCUT2D eigenvalue weighted by Crippen LogP contribution is 2.15. The van der Waals surface area contributed by atoms with Gasteiger partial charge in [-0.2, -0.15) is 0 Å². The lowest BCUT2D eigenvalue weighted by atomic mass is 10.1. The zero-order valence-electron chi connectivity index (χ0n) is 10.9. The Hall–Kier alpha value is -1.74. The number of hydrogen-bond acceptors (Lipinski definition) is 2. The topological polar surface area (TPSA) is 42.2 Å². The van der Waals surface area contributed by atoms with Crippen molar-refractivity contribution >= 4 is 17.5 Å². The third-order valence-corrected chi connectivity index (χ3v) is 3.21. The van der Waals surface area contributed by atoms with Crippen LogP contribution in [0.25, 0.3) is 0 Å². The van der Waals surface area contributed by atoms with Gasteiger partial charge >= 0.3 is 0 Å². The molecule has 1 aromatic carbocycles. The van der Waals surface area contributed by atoms with Crippen LogP contribution in [0.5, 0.6) is 0 Å². The van der Waals surface area contributed by atoms with E-state index in [1.54, 1.807) is 12.1 Å². The maximum Gasteiger partial charge on any atom is 0.287 e. The molecule has 0 bridgehead atoms. The van der Waals surface area contributed by atoms with Crippen LogP contribution in [0, 0.1) is 6.92 Å². The van der Waals surface area contributed by atoms with Crippen LogP contribution >= 0.6 is 11.6 Å². The number of halogens is 1. The molecule has 1 N–H and O–H groups in total. The Morgan fingerprint density at radius 1 is 1.26 bits per heavy atom. The Labute approximate surface area is 117 Å². The first kappa shape index (κ1) is 13.7. The molecule has 2 rings (SSSR count). The number of furan rings is 1. The van der Waals surface area contributed by atoms with Crippen LogP contribution < -0.4 is 5.32 Å². The largest absolute Gasteiger partial charge is 0.455 e. The predicted molar refractivity (Wildman–Crippen MR) is 75.3 cm³/mol. The van der Waals surface area contributed by atoms with Gasteiger partial charge in [0.05, 0.1) is 11.9 Å². The number of carbonyl (C=O) groups is 1. The van der Waals surface area contributed by atoms with E-state index in [4.69, 9.17) is 16.0 Å². The van der Waals surface area contributed by atoms with E-state index in [0.717, 1.165) is 5.56 Å². The van der Waals surface area contributed by atoms with E-state index in [1.807, 2.05) is 38.1 Å². The third kappa shape index (κ3) is 3.38. The van der Waals surface area contributed by atoms with Crippen molar-refractivity contribution in [1.82, 2.24) is 5.32 Å². The van der Waals surface area contributed by atoms with Gasteiger partial charge < -0.3 is 9.73 Å². The molecule has 1 aromatic heterocycles. The summed E-state index contributed by atoms with van der Waals surface area (Å²) >= 11 is 5.64. The van der Waals surface area contributed by atoms with Gasteiger partial charge in [-0.1, -0.05) is 29.8 Å². The van der Waals surface area contributed by atoms with Crippen LogP contribution in [0.3, 0.4) is 0 Å². The molecule has 19 heavy (non-hydrogen) atoms. The summed E-state index contributed by atoms with van der Waals surface area (Å²) in [5.41, 5.74) is 2.25. The van der Waals surface area contributed by atoms with Crippen molar-refractivity contribution in [2.45, 2.75) is 25.8 Å². The summed E-state index contributed by atoms with van der Waals surface area (Å²) in [4.78, 5) is 12.0. The SMILES string of the molecule is Cc1ccc(C(C)NC(=O)c2ccc(CCl)o2)cc1. The molecular formula is C15H16ClNO2. The first-order valence-electron chi connectivity index (χ1n) is 6.12. The molecule has 0 saturated heterocycles. The predicted octanol–water partition coefficient (Wildman–Crippen LogP) is 3.82. The fraction of sp³-hybridized carbons (Fsp3) is 0.267. The molecule has 1 unspecified atom stereocenters. The molecule has 3 nitrogen and oxygen atoms in total. The zero-order valence-corrected chi connectivity index (χ0v) is 11.7. The highest BCUT2D eigenvalue weighted by Gasteiger charge is 2.14. The monoisotopic (exact) mass is 277 g/mol. The molecular weight excluding hydrogens is 262 g/mol. The quantitative estimate of drug-likeness (QED) is 0.863. The van der Waals surface area contributed by atoms with Gasteiger partial charge in [0.2, 0.25) is 0 Å². The van der Waals surface area contributed by atoms with Crippen molar-refractivity contribution in [2.24, 2.45) is 0 Å². The van der Waals surface area contributed by atoms with Crippen LogP contribution in [-0.2, 0) is 5.88 Å². The summed E-state index contributed by atoms with van der Waals surface area (Å²) in [7, 11) is 0. The van der Waals surface area contributed by atoms with Crippen LogP contribution in [0.4, 0.5) is 0 Å². The second-order valence-electron chi connectivity index (χ2n) is 4.51. The molecule has 4 heteroatoms. The Morgan fingerprint density at radius 2 is 1.95 bits per heavy atom. The summed E-state index contributed by atoms with van der Waals surface area (Å²) in [5, 5.41) is 2.89. The summed E-state index contributed by atoms with van der Waals surface area (Å²) in [5.74, 6) is 0.912. The average Bonchev–Trinajstić information content (AvgIpc) is 2.88. The zero-order chi connectivity index (χ0) is 13.8. The van der Waals surface area contributed by atoms with Gasteiger partial charge in [0.25, 0.3) is 5.91 Å². The first-order valence-corrected chi connectivity index (χ1v) is 6.65. The number of alkyl halides is 1. The molecule has 0 fully saturated rings. The fourth-order valence-electron chi connectivity index (χ4n) is 1.78. The number of rotatable bonds is 4. The van der Waals surface area contributed by atoms with E-state index in [9.17, 15) is 4.79 Å². The number of hydrogen-bond donors (Lipinski definition) is 1. The Bertz CT molecular complexity index is 560. The van der Waals surface area contributed by atoms with Gasteiger partial charge in [0.15, 0.2) is 5.76 Å². The first-order chi connectivity index (χ1) is 9.10. The number of benzene rings is 1. The lowest BCUT2D eigenvalue weighted by molar-refractivity contribution is 0.0910. The Morgan fingerprint density at radius 3 is 2.53 bits per heavy atom. The second kappa shape index (κ2) is 5.93. The van der Waals surface area contributed by atoms with Crippen LogP contribution in [0.15, 0.2) is 40.8 Å². The van der Waals surface area contributed by atoms with E-state index in [0.29, 0.717) is 5.76 Å². The van der Waals surface area contributed by atoms with Gasteiger partial charge in [-0.15, -0.1) is 11.6 Å². The minimum atomic E-state index is -0.232. The van der Waals surface area contributed by atoms with Crippen molar-refractivity contribution in [1.29, 1.82) is 0 Å². The molecule has 100 valence electrons. The number of aryl methyl sites for hydroxylation is 1. The highest BCUT2D eigenvalue weighted by atomic mass is 35.5. The van der Waals surface area contributed by atoms with Gasteiger partial charge in [-0.3, -0.25) is 4.79 Å². The minimum Gasteiger partial charge on any atom is -0.455 e. The number of amides is 1. The van der Waals surface area contributed by atoms with Crippen molar-refractivity contribution in [2.75, 3.05) is 0 Å². The van der Waals surface area contributed by atoms with Gasteiger partial charge in [-0.25, -0.2) is 0 Å². The average molecular weight is 278 g/mol. The van der Waals surface area contributed by atoms with Gasteiger partial charge in [0, 0.05) is 0 Å². The maximum atomic E-state index is 12.0. The molecule has 0 aliphatic carbocycles. The molecule has 0 saturated carbocycles. The molecule has 1 amide bonds. The third-order valence-electron chi connectivity index (χ3n) is 2.94. The second-order valence-corrected chi connectivity index (χ2v) is 4.77. The highest BCUT2D eigenvalue weighted by molar-refractivity contribution is 6.16. The lowest BCUT2D eigenvalue weighted by Gasteiger charge is -2.13. The van der Waals surface area contributed by atoms with E-state index in [1.165, 1.54) is 5.56 Å². The molecule has 0 spiro atoms. The van der Waals surface area contributed by atoms with Crippen molar-refractivity contribution < 1.29 is 9.21 Å². The van der Waals surface area contributed by atoms with E-state index < -0.39 is 0 Å². The van der Waals surface area contributed by atoms with Crippen molar-refractivity contribution in [3.05, 3.63) is 59.0 Å². The van der Waals surface area contributed by atoms with E-state index >= 15 is 0 Å². The minimum absolute atomic E-state index is 0.0716. The van der Waals surface area contributed by atoms with Gasteiger partial charge in [0.1, 0.15) is 5.76 Å². The normalized spacial score (nSPS) is 12.2. The van der Waals surface area contributed by atoms with Crippen molar-refractivity contribution in [3.8, 4) is 0 Å². The van der Waals surface area contributed by atoms with Gasteiger partial charge in [-0.05, 0) is 31.5 Å². The molecule has 1 heterocycles. The van der Waals surface area contributed by atoms with Crippen LogP contribution in [0.2, 0.25) is 0 Å². The Kier molecular flexibility index (Phi) is 4.27. The maximum absolute atomic E-state index is 12.0.